The molecule has 0 saturated heterocycles. The number of carbonyl (C=O) groups excluding carboxylic acids is 2. The molecule has 6 nitrogen and oxygen atoms in total. The van der Waals surface area contributed by atoms with Crippen LogP contribution < -0.4 is 113 Å². The molecule has 2 heterocycles. The van der Waals surface area contributed by atoms with Crippen LogP contribution in [0.25, 0.3) is 0 Å². The fourth-order valence-electron chi connectivity index (χ4n) is 1.25. The number of carboxylic acid groups (broad SMARTS) is 2. The average molecular weight is 385 g/mol. The summed E-state index contributed by atoms with van der Waals surface area (Å²) in [7, 11) is 2.54. The molecule has 22 heavy (non-hydrogen) atoms. The van der Waals surface area contributed by atoms with Gasteiger partial charge < -0.3 is 19.8 Å². The first-order chi connectivity index (χ1) is 9.56. The summed E-state index contributed by atoms with van der Waals surface area (Å²) < 4.78 is 0. The van der Waals surface area contributed by atoms with Gasteiger partial charge in [0, 0.05) is 22.2 Å². The van der Waals surface area contributed by atoms with Crippen molar-refractivity contribution in [1.82, 2.24) is 9.97 Å². The van der Waals surface area contributed by atoms with E-state index in [1.807, 2.05) is 0 Å². The summed E-state index contributed by atoms with van der Waals surface area (Å²) in [5.41, 5.74) is -0.304. The minimum atomic E-state index is -1.35. The normalized spacial score (nSPS) is 9.27. The molecular weight excluding hydrogens is 378 g/mol. The van der Waals surface area contributed by atoms with E-state index in [4.69, 9.17) is 0 Å². The first-order valence-corrected chi connectivity index (χ1v) is 7.40. The van der Waals surface area contributed by atoms with E-state index in [0.29, 0.717) is 9.79 Å². The molecule has 0 aromatic carbocycles. The molecule has 0 N–H and O–H groups in total. The van der Waals surface area contributed by atoms with Gasteiger partial charge in [0.05, 0.1) is 23.3 Å². The van der Waals surface area contributed by atoms with E-state index in [0.717, 1.165) is 0 Å². The Balaban J connectivity index is 0.00000220. The van der Waals surface area contributed by atoms with Crippen LogP contribution in [0.1, 0.15) is 21.0 Å². The van der Waals surface area contributed by atoms with E-state index >= 15 is 0 Å². The van der Waals surface area contributed by atoms with Crippen molar-refractivity contribution in [2.45, 2.75) is 9.79 Å². The Kier molecular flexibility index (Phi) is 12.4. The van der Waals surface area contributed by atoms with Gasteiger partial charge in [0.1, 0.15) is 0 Å². The number of carbonyl (C=O) groups is 2. The fourth-order valence-corrected chi connectivity index (χ4v) is 3.19. The van der Waals surface area contributed by atoms with Gasteiger partial charge in [0.25, 0.3) is 0 Å². The Bertz CT molecular complexity index is 616. The van der Waals surface area contributed by atoms with Gasteiger partial charge in [0.2, 0.25) is 0 Å². The van der Waals surface area contributed by atoms with Gasteiger partial charge in [-0.05, 0) is 24.3 Å². The standard InChI is InChI=1S/C12H8N2O4S2.2K/c15-11(16)9-5-7(1-3-13-9)19-20-8-2-4-14-10(6-8)12(17)18;;/h1-6H,(H,15,16)(H,17,18);;/q;2*+1/p-2. The molecule has 0 atom stereocenters. The average Bonchev–Trinajstić information content (AvgIpc) is 2.45. The molecule has 2 aromatic heterocycles. The summed E-state index contributed by atoms with van der Waals surface area (Å²) >= 11 is 0. The molecule has 0 aliphatic heterocycles. The zero-order chi connectivity index (χ0) is 14.5. The predicted octanol–water partition coefficient (Wildman–Crippen LogP) is -5.99. The fraction of sp³-hybridized carbons (Fsp3) is 0. The summed E-state index contributed by atoms with van der Waals surface area (Å²) in [4.78, 5) is 30.0. The Labute approximate surface area is 219 Å². The zero-order valence-corrected chi connectivity index (χ0v) is 19.7. The Hall–Kier alpha value is 1.21. The van der Waals surface area contributed by atoms with Crippen molar-refractivity contribution in [1.29, 1.82) is 0 Å². The molecular formula is C12H6K2N2O4S2. The minimum absolute atomic E-state index is 0. The third-order valence-electron chi connectivity index (χ3n) is 2.12. The SMILES string of the molecule is O=C([O-])c1cc(SSc2ccnc(C(=O)[O-])c2)ccn1.[K+].[K+]. The van der Waals surface area contributed by atoms with Gasteiger partial charge in [-0.25, -0.2) is 0 Å². The van der Waals surface area contributed by atoms with Crippen LogP contribution in [0.3, 0.4) is 0 Å². The first kappa shape index (κ1) is 23.2. The third-order valence-corrected chi connectivity index (χ3v) is 4.50. The summed E-state index contributed by atoms with van der Waals surface area (Å²) in [5, 5.41) is 21.4. The van der Waals surface area contributed by atoms with Crippen LogP contribution in [0.2, 0.25) is 0 Å². The molecule has 0 aliphatic carbocycles. The van der Waals surface area contributed by atoms with E-state index in [1.54, 1.807) is 12.1 Å². The molecule has 0 amide bonds. The smallest absolute Gasteiger partial charge is 0.543 e. The largest absolute Gasteiger partial charge is 1.00 e. The molecule has 0 unspecified atom stereocenters. The van der Waals surface area contributed by atoms with Crippen LogP contribution in [0, 0.1) is 0 Å². The molecule has 0 saturated carbocycles. The molecule has 10 heteroatoms. The molecule has 0 radical (unpaired) electrons. The van der Waals surface area contributed by atoms with Crippen LogP contribution in [-0.4, -0.2) is 21.9 Å². The minimum Gasteiger partial charge on any atom is -0.543 e. The molecule has 0 aliphatic rings. The van der Waals surface area contributed by atoms with Gasteiger partial charge in [-0.1, -0.05) is 21.6 Å². The second kappa shape index (κ2) is 11.7. The number of hydrogen-bond acceptors (Lipinski definition) is 8. The Morgan fingerprint density at radius 2 is 1.18 bits per heavy atom. The van der Waals surface area contributed by atoms with Gasteiger partial charge >= 0.3 is 103 Å². The summed E-state index contributed by atoms with van der Waals surface area (Å²) in [6.45, 7) is 0. The first-order valence-electron chi connectivity index (χ1n) is 5.25. The van der Waals surface area contributed by atoms with E-state index < -0.39 is 11.9 Å². The molecule has 2 rings (SSSR count). The van der Waals surface area contributed by atoms with Crippen molar-refractivity contribution < 1.29 is 123 Å². The number of pyridine rings is 2. The topological polar surface area (TPSA) is 106 Å². The maximum Gasteiger partial charge on any atom is 1.00 e. The second-order valence-corrected chi connectivity index (χ2v) is 5.77. The van der Waals surface area contributed by atoms with E-state index in [-0.39, 0.29) is 114 Å². The van der Waals surface area contributed by atoms with Gasteiger partial charge in [-0.2, -0.15) is 0 Å². The Morgan fingerprint density at radius 1 is 0.818 bits per heavy atom. The molecule has 102 valence electrons. The van der Waals surface area contributed by atoms with Crippen LogP contribution in [0.5, 0.6) is 0 Å². The van der Waals surface area contributed by atoms with Crippen molar-refractivity contribution in [3.8, 4) is 0 Å². The van der Waals surface area contributed by atoms with E-state index in [2.05, 4.69) is 9.97 Å². The van der Waals surface area contributed by atoms with Crippen molar-refractivity contribution in [2.24, 2.45) is 0 Å². The van der Waals surface area contributed by atoms with E-state index in [1.165, 1.54) is 46.1 Å². The predicted molar refractivity (Wildman–Crippen MR) is 68.8 cm³/mol. The summed E-state index contributed by atoms with van der Waals surface area (Å²) in [5.74, 6) is -2.69. The van der Waals surface area contributed by atoms with Crippen LogP contribution in [0.15, 0.2) is 46.5 Å². The number of carboxylic acids is 2. The quantitative estimate of drug-likeness (QED) is 0.371. The zero-order valence-electron chi connectivity index (χ0n) is 11.8. The number of hydrogen-bond donors (Lipinski definition) is 0. The monoisotopic (exact) mass is 384 g/mol. The van der Waals surface area contributed by atoms with Crippen molar-refractivity contribution in [3.63, 3.8) is 0 Å². The summed E-state index contributed by atoms with van der Waals surface area (Å²) in [6.07, 6.45) is 2.74. The van der Waals surface area contributed by atoms with Gasteiger partial charge in [-0.3, -0.25) is 9.97 Å². The maximum absolute atomic E-state index is 10.7. The van der Waals surface area contributed by atoms with E-state index in [9.17, 15) is 19.8 Å². The van der Waals surface area contributed by atoms with Gasteiger partial charge in [-0.15, -0.1) is 0 Å². The van der Waals surface area contributed by atoms with Gasteiger partial charge in [0.15, 0.2) is 0 Å². The number of rotatable bonds is 5. The van der Waals surface area contributed by atoms with Crippen molar-refractivity contribution >= 4 is 33.5 Å². The maximum atomic E-state index is 10.7. The van der Waals surface area contributed by atoms with Crippen LogP contribution >= 0.6 is 21.6 Å². The third kappa shape index (κ3) is 7.40. The molecule has 0 fully saturated rings. The van der Waals surface area contributed by atoms with Crippen LogP contribution in [0.4, 0.5) is 0 Å². The van der Waals surface area contributed by atoms with Crippen molar-refractivity contribution in [3.05, 3.63) is 48.0 Å². The van der Waals surface area contributed by atoms with Crippen LogP contribution in [-0.2, 0) is 0 Å². The molecule has 2 aromatic rings. The molecule has 0 spiro atoms. The second-order valence-electron chi connectivity index (χ2n) is 3.50. The summed E-state index contributed by atoms with van der Waals surface area (Å²) in [6, 6.07) is 6.05. The number of nitrogens with zero attached hydrogens (tertiary/aromatic N) is 2. The number of aromatic nitrogens is 2. The Morgan fingerprint density at radius 3 is 1.50 bits per heavy atom. The van der Waals surface area contributed by atoms with Crippen molar-refractivity contribution in [2.75, 3.05) is 0 Å². The molecule has 0 bridgehead atoms. The number of aromatic carboxylic acids is 2.